The maximum absolute atomic E-state index is 13.3. The van der Waals surface area contributed by atoms with Crippen LogP contribution in [-0.2, 0) is 0 Å². The lowest BCUT2D eigenvalue weighted by molar-refractivity contribution is 0.0473. The molecule has 1 N–H and O–H groups in total. The molecule has 0 bridgehead atoms. The number of ether oxygens (including phenoxy) is 1. The Labute approximate surface area is 125 Å². The number of nitrogens with one attached hydrogen (secondary N) is 1. The van der Waals surface area contributed by atoms with Crippen LogP contribution in [0.1, 0.15) is 40.0 Å². The van der Waals surface area contributed by atoms with Crippen LogP contribution in [0.25, 0.3) is 0 Å². The molecular weight excluding hydrogens is 272 g/mol. The number of rotatable bonds is 5. The molecule has 0 spiro atoms. The van der Waals surface area contributed by atoms with E-state index in [4.69, 9.17) is 4.74 Å². The van der Waals surface area contributed by atoms with Gasteiger partial charge in [0.15, 0.2) is 0 Å². The highest BCUT2D eigenvalue weighted by Crippen LogP contribution is 2.32. The van der Waals surface area contributed by atoms with Crippen LogP contribution in [0.5, 0.6) is 5.75 Å². The second-order valence-corrected chi connectivity index (χ2v) is 6.30. The van der Waals surface area contributed by atoms with Gasteiger partial charge in [-0.3, -0.25) is 0 Å². The minimum absolute atomic E-state index is 0.0473. The van der Waals surface area contributed by atoms with Crippen molar-refractivity contribution in [2.24, 2.45) is 11.8 Å². The Bertz CT molecular complexity index is 446. The molecule has 0 amide bonds. The number of halogens is 2. The van der Waals surface area contributed by atoms with E-state index in [0.29, 0.717) is 11.8 Å². The van der Waals surface area contributed by atoms with Crippen LogP contribution < -0.4 is 10.1 Å². The zero-order valence-corrected chi connectivity index (χ0v) is 13.0. The second-order valence-electron chi connectivity index (χ2n) is 6.30. The van der Waals surface area contributed by atoms with Crippen LogP contribution in [0.3, 0.4) is 0 Å². The van der Waals surface area contributed by atoms with E-state index in [2.05, 4.69) is 26.1 Å². The molecule has 1 aliphatic rings. The predicted molar refractivity (Wildman–Crippen MR) is 80.4 cm³/mol. The Hall–Kier alpha value is -1.16. The molecule has 0 radical (unpaired) electrons. The minimum Gasteiger partial charge on any atom is -0.488 e. The van der Waals surface area contributed by atoms with Crippen molar-refractivity contribution in [2.45, 2.75) is 52.2 Å². The fourth-order valence-corrected chi connectivity index (χ4v) is 3.31. The Balaban J connectivity index is 2.12. The normalized spacial score (nSPS) is 29.4. The van der Waals surface area contributed by atoms with Gasteiger partial charge in [-0.15, -0.1) is 0 Å². The van der Waals surface area contributed by atoms with E-state index >= 15 is 0 Å². The molecule has 1 fully saturated rings. The molecule has 0 aromatic heterocycles. The van der Waals surface area contributed by atoms with Crippen molar-refractivity contribution < 1.29 is 13.5 Å². The average molecular weight is 297 g/mol. The third-order valence-corrected chi connectivity index (χ3v) is 4.15. The van der Waals surface area contributed by atoms with Gasteiger partial charge in [0.05, 0.1) is 0 Å². The van der Waals surface area contributed by atoms with Crippen LogP contribution in [0, 0.1) is 23.5 Å². The SMILES string of the molecule is CCCNC1CC(C)CC(C)C1Oc1cc(F)cc(F)c1. The van der Waals surface area contributed by atoms with Gasteiger partial charge >= 0.3 is 0 Å². The Morgan fingerprint density at radius 3 is 2.43 bits per heavy atom. The monoisotopic (exact) mass is 297 g/mol. The quantitative estimate of drug-likeness (QED) is 0.881. The van der Waals surface area contributed by atoms with Gasteiger partial charge < -0.3 is 10.1 Å². The molecular formula is C17H25F2NO. The zero-order valence-electron chi connectivity index (χ0n) is 13.0. The van der Waals surface area contributed by atoms with E-state index in [0.717, 1.165) is 31.9 Å². The smallest absolute Gasteiger partial charge is 0.129 e. The summed E-state index contributed by atoms with van der Waals surface area (Å²) >= 11 is 0. The van der Waals surface area contributed by atoms with Crippen molar-refractivity contribution in [3.63, 3.8) is 0 Å². The molecule has 118 valence electrons. The van der Waals surface area contributed by atoms with Crippen LogP contribution in [0.15, 0.2) is 18.2 Å². The lowest BCUT2D eigenvalue weighted by atomic mass is 9.78. The predicted octanol–water partition coefficient (Wildman–Crippen LogP) is 4.15. The van der Waals surface area contributed by atoms with E-state index in [1.54, 1.807) is 0 Å². The summed E-state index contributed by atoms with van der Waals surface area (Å²) in [5.74, 6) is 0.0786. The van der Waals surface area contributed by atoms with Gasteiger partial charge in [-0.2, -0.15) is 0 Å². The molecule has 4 unspecified atom stereocenters. The van der Waals surface area contributed by atoms with Crippen molar-refractivity contribution in [2.75, 3.05) is 6.54 Å². The molecule has 1 saturated carbocycles. The molecule has 4 heteroatoms. The van der Waals surface area contributed by atoms with Gasteiger partial charge in [0.25, 0.3) is 0 Å². The van der Waals surface area contributed by atoms with Gasteiger partial charge in [-0.05, 0) is 37.6 Å². The summed E-state index contributed by atoms with van der Waals surface area (Å²) in [6.07, 6.45) is 3.12. The van der Waals surface area contributed by atoms with Crippen molar-refractivity contribution in [3.05, 3.63) is 29.8 Å². The average Bonchev–Trinajstić information content (AvgIpc) is 2.38. The standard InChI is InChI=1S/C17H25F2NO/c1-4-5-20-16-7-11(2)6-12(3)17(16)21-15-9-13(18)8-14(19)10-15/h8-12,16-17,20H,4-7H2,1-3H3. The zero-order chi connectivity index (χ0) is 15.4. The summed E-state index contributed by atoms with van der Waals surface area (Å²) in [6, 6.07) is 3.61. The highest BCUT2D eigenvalue weighted by Gasteiger charge is 2.35. The molecule has 0 saturated heterocycles. The van der Waals surface area contributed by atoms with Crippen molar-refractivity contribution in [1.29, 1.82) is 0 Å². The molecule has 2 nitrogen and oxygen atoms in total. The minimum atomic E-state index is -0.597. The van der Waals surface area contributed by atoms with Gasteiger partial charge in [0, 0.05) is 24.2 Å². The van der Waals surface area contributed by atoms with Crippen LogP contribution in [0.4, 0.5) is 8.78 Å². The molecule has 1 aromatic carbocycles. The van der Waals surface area contributed by atoms with E-state index < -0.39 is 11.6 Å². The van der Waals surface area contributed by atoms with Gasteiger partial charge in [0.2, 0.25) is 0 Å². The third kappa shape index (κ3) is 4.40. The van der Waals surface area contributed by atoms with Crippen molar-refractivity contribution in [1.82, 2.24) is 5.32 Å². The molecule has 4 atom stereocenters. The fourth-order valence-electron chi connectivity index (χ4n) is 3.31. The van der Waals surface area contributed by atoms with E-state index in [1.807, 2.05) is 0 Å². The summed E-state index contributed by atoms with van der Waals surface area (Å²) in [6.45, 7) is 7.45. The van der Waals surface area contributed by atoms with Crippen LogP contribution in [0.2, 0.25) is 0 Å². The van der Waals surface area contributed by atoms with E-state index in [9.17, 15) is 8.78 Å². The van der Waals surface area contributed by atoms with Gasteiger partial charge in [-0.25, -0.2) is 8.78 Å². The largest absolute Gasteiger partial charge is 0.488 e. The third-order valence-electron chi connectivity index (χ3n) is 4.15. The molecule has 1 aliphatic carbocycles. The highest BCUT2D eigenvalue weighted by atomic mass is 19.1. The molecule has 0 aliphatic heterocycles. The molecule has 0 heterocycles. The van der Waals surface area contributed by atoms with Crippen molar-refractivity contribution in [3.8, 4) is 5.75 Å². The summed E-state index contributed by atoms with van der Waals surface area (Å²) in [4.78, 5) is 0. The molecule has 21 heavy (non-hydrogen) atoms. The second kappa shape index (κ2) is 7.21. The summed E-state index contributed by atoms with van der Waals surface area (Å²) in [7, 11) is 0. The number of hydrogen-bond donors (Lipinski definition) is 1. The van der Waals surface area contributed by atoms with Crippen LogP contribution in [-0.4, -0.2) is 18.7 Å². The van der Waals surface area contributed by atoms with E-state index in [1.165, 1.54) is 12.1 Å². The maximum atomic E-state index is 13.3. The first-order valence-corrected chi connectivity index (χ1v) is 7.85. The first-order valence-electron chi connectivity index (χ1n) is 7.85. The summed E-state index contributed by atoms with van der Waals surface area (Å²) in [5.41, 5.74) is 0. The number of hydrogen-bond acceptors (Lipinski definition) is 2. The first kappa shape index (κ1) is 16.2. The molecule has 2 rings (SSSR count). The summed E-state index contributed by atoms with van der Waals surface area (Å²) in [5, 5.41) is 3.52. The Morgan fingerprint density at radius 2 is 1.81 bits per heavy atom. The van der Waals surface area contributed by atoms with Crippen molar-refractivity contribution >= 4 is 0 Å². The van der Waals surface area contributed by atoms with E-state index in [-0.39, 0.29) is 17.9 Å². The lowest BCUT2D eigenvalue weighted by Crippen LogP contribution is -2.51. The van der Waals surface area contributed by atoms with Crippen LogP contribution >= 0.6 is 0 Å². The fraction of sp³-hybridized carbons (Fsp3) is 0.647. The Morgan fingerprint density at radius 1 is 1.14 bits per heavy atom. The summed E-state index contributed by atoms with van der Waals surface area (Å²) < 4.78 is 32.6. The number of benzene rings is 1. The maximum Gasteiger partial charge on any atom is 0.129 e. The molecule has 1 aromatic rings. The highest BCUT2D eigenvalue weighted by molar-refractivity contribution is 5.24. The lowest BCUT2D eigenvalue weighted by Gasteiger charge is -2.40. The Kier molecular flexibility index (Phi) is 5.57. The van der Waals surface area contributed by atoms with Gasteiger partial charge in [-0.1, -0.05) is 20.8 Å². The topological polar surface area (TPSA) is 21.3 Å². The van der Waals surface area contributed by atoms with Gasteiger partial charge in [0.1, 0.15) is 23.5 Å². The first-order chi connectivity index (χ1) is 9.99.